The monoisotopic (exact) mass is 1570 g/mol. The van der Waals surface area contributed by atoms with Gasteiger partial charge in [-0.05, 0) is 136 Å². The lowest BCUT2D eigenvalue weighted by Crippen LogP contribution is -2.48. The number of alkyl carbamates (subject to hydrolysis) is 1. The number of hydrogen-bond donors (Lipinski definition) is 7. The molecule has 0 radical (unpaired) electrons. The lowest BCUT2D eigenvalue weighted by Gasteiger charge is -2.26. The number of nitrogens with zero attached hydrogens (tertiary/aromatic N) is 6. The molecule has 0 saturated heterocycles. The van der Waals surface area contributed by atoms with Crippen LogP contribution in [0.1, 0.15) is 232 Å². The molecule has 1 aliphatic rings. The van der Waals surface area contributed by atoms with Crippen LogP contribution in [-0.4, -0.2) is 262 Å². The van der Waals surface area contributed by atoms with Crippen LogP contribution in [0.3, 0.4) is 0 Å². The van der Waals surface area contributed by atoms with Crippen molar-refractivity contribution in [1.29, 1.82) is 0 Å². The number of ether oxygens (including phenoxy) is 8. The minimum Gasteiger partial charge on any atom is -0.446 e. The normalized spacial score (nSPS) is 14.6. The van der Waals surface area contributed by atoms with E-state index in [-0.39, 0.29) is 144 Å². The van der Waals surface area contributed by atoms with Gasteiger partial charge in [0.15, 0.2) is 18.2 Å². The fourth-order valence-corrected chi connectivity index (χ4v) is 11.9. The van der Waals surface area contributed by atoms with E-state index in [1.807, 2.05) is 13.8 Å². The molecule has 4 unspecified atom stereocenters. The molecule has 33 heteroatoms. The minimum absolute atomic E-state index is 0.00283. The molecule has 1 aromatic rings. The number of alkyl halides is 1. The smallest absolute Gasteiger partial charge is 0.408 e. The van der Waals surface area contributed by atoms with E-state index in [0.717, 1.165) is 51.4 Å². The number of Topliss-reactive ketones (excluding diaryl/α,β-unsaturated/α-hetero) is 2. The molecule has 1 aromatic heterocycles. The third kappa shape index (κ3) is 48.1. The highest BCUT2D eigenvalue weighted by Crippen LogP contribution is 2.36. The van der Waals surface area contributed by atoms with Gasteiger partial charge in [0.1, 0.15) is 36.4 Å². The first-order valence-electron chi connectivity index (χ1n) is 40.5. The Morgan fingerprint density at radius 2 is 1.13 bits per heavy atom. The van der Waals surface area contributed by atoms with E-state index in [4.69, 9.17) is 42.7 Å². The summed E-state index contributed by atoms with van der Waals surface area (Å²) in [6, 6.07) is -1.66. The fourth-order valence-electron chi connectivity index (χ4n) is 11.9. The van der Waals surface area contributed by atoms with Gasteiger partial charge < -0.3 is 84.8 Å². The fraction of sp³-hybridized carbons (Fsp3) is 0.831. The van der Waals surface area contributed by atoms with E-state index in [9.17, 15) is 43.2 Å². The SMILES string of the molecule is CCCCCCNC(=O)CO/N=C(\C)C(=O)CCCCCCC(=O)NCCCCC(NC(=O)CCCCCNC(=O)/C(C)=N\OC)C(=O)CCCOCCOCCOCCn1nnc2c1CCCCCC2(F)C(=O)NCCCCC(NC(=O)OC(CCC)CCN(CCOC)CCOC)C(=O)NCCOCCOCC. The van der Waals surface area contributed by atoms with Crippen LogP contribution in [-0.2, 0) is 105 Å². The van der Waals surface area contributed by atoms with Gasteiger partial charge in [-0.2, -0.15) is 0 Å². The number of rotatable bonds is 71. The zero-order valence-corrected chi connectivity index (χ0v) is 67.8. The Kier molecular flexibility index (Phi) is 59.2. The van der Waals surface area contributed by atoms with E-state index in [0.29, 0.717) is 200 Å². The quantitative estimate of drug-likeness (QED) is 0.0194. The van der Waals surface area contributed by atoms with Crippen molar-refractivity contribution in [3.8, 4) is 0 Å². The number of carbonyl (C=O) groups is 9. The number of halogens is 1. The minimum atomic E-state index is -2.42. The Morgan fingerprint density at radius 3 is 1.80 bits per heavy atom. The summed E-state index contributed by atoms with van der Waals surface area (Å²) in [7, 11) is 4.66. The highest BCUT2D eigenvalue weighted by molar-refractivity contribution is 6.38. The summed E-state index contributed by atoms with van der Waals surface area (Å²) in [5.74, 6) is -2.43. The molecule has 7 amide bonds. The number of ketones is 2. The van der Waals surface area contributed by atoms with Gasteiger partial charge in [-0.3, -0.25) is 43.3 Å². The van der Waals surface area contributed by atoms with Gasteiger partial charge in [-0.15, -0.1) is 5.10 Å². The Balaban J connectivity index is 1.83. The van der Waals surface area contributed by atoms with Gasteiger partial charge in [0.05, 0.1) is 84.3 Å². The standard InChI is InChI=1S/C77H138FN13O19/c1-9-12-13-25-40-80-71(96)60-109-88-61(4)67(92)34-19-14-15-20-36-69(94)79-41-27-22-31-64(84-70(95)37-21-17-26-42-81-73(97)62(5)87-103-8)68(93)35-29-49-105-56-58-108-59-57-107-53-48-91-66-33-18-16-24-39-77(78,72(66)86-89-91)75(99)83-43-28-23-32-65(74(98)82-44-50-106-55-54-104-11-3)85-76(100)110-63(30-10-2)38-45-90(46-51-101-6)47-52-102-7/h63-65H,9-60H2,1-8H3,(H,79,94)(H,80,96)(H,81,97)(H,82,98)(H,83,99)(H,84,95)(H,85,100)/b87-62-,88-61+. The third-order valence-electron chi connectivity index (χ3n) is 18.3. The predicted octanol–water partition coefficient (Wildman–Crippen LogP) is 7.13. The molecule has 2 rings (SSSR count). The van der Waals surface area contributed by atoms with Crippen molar-refractivity contribution in [3.05, 3.63) is 11.4 Å². The average Bonchev–Trinajstić information content (AvgIpc) is 1.60. The van der Waals surface area contributed by atoms with Crippen molar-refractivity contribution in [3.63, 3.8) is 0 Å². The summed E-state index contributed by atoms with van der Waals surface area (Å²) in [5.41, 5.74) is -1.47. The Bertz CT molecular complexity index is 2740. The molecule has 0 bridgehead atoms. The summed E-state index contributed by atoms with van der Waals surface area (Å²) in [6.45, 7) is 17.3. The Labute approximate surface area is 653 Å². The maximum Gasteiger partial charge on any atom is 0.408 e. The molecular weight excluding hydrogens is 1430 g/mol. The lowest BCUT2D eigenvalue weighted by molar-refractivity contribution is -0.134. The van der Waals surface area contributed by atoms with Gasteiger partial charge in [-0.1, -0.05) is 80.7 Å². The van der Waals surface area contributed by atoms with Crippen molar-refractivity contribution in [2.45, 2.75) is 258 Å². The molecule has 110 heavy (non-hydrogen) atoms. The zero-order chi connectivity index (χ0) is 80.5. The lowest BCUT2D eigenvalue weighted by atomic mass is 9.88. The topological polar surface area (TPSA) is 389 Å². The van der Waals surface area contributed by atoms with Crippen LogP contribution in [0.4, 0.5) is 9.18 Å². The zero-order valence-electron chi connectivity index (χ0n) is 67.8. The van der Waals surface area contributed by atoms with Crippen molar-refractivity contribution in [1.82, 2.24) is 57.1 Å². The first-order chi connectivity index (χ1) is 53.4. The van der Waals surface area contributed by atoms with E-state index < -0.39 is 41.8 Å². The number of methoxy groups -OCH3 is 2. The summed E-state index contributed by atoms with van der Waals surface area (Å²) in [4.78, 5) is 129. The maximum absolute atomic E-state index is 17.2. The molecule has 0 aliphatic heterocycles. The van der Waals surface area contributed by atoms with Crippen molar-refractivity contribution in [2.75, 3.05) is 160 Å². The molecular formula is C77H138FN13O19. The summed E-state index contributed by atoms with van der Waals surface area (Å²) >= 11 is 0. The molecule has 32 nitrogen and oxygen atoms in total. The number of nitrogens with one attached hydrogen (secondary N) is 7. The number of aromatic nitrogens is 3. The predicted molar refractivity (Wildman–Crippen MR) is 415 cm³/mol. The molecule has 0 aromatic carbocycles. The van der Waals surface area contributed by atoms with Crippen LogP contribution in [0, 0.1) is 0 Å². The molecule has 632 valence electrons. The van der Waals surface area contributed by atoms with Gasteiger partial charge in [-0.25, -0.2) is 13.9 Å². The molecule has 1 heterocycles. The molecule has 1 aliphatic carbocycles. The molecule has 0 spiro atoms. The number of fused-ring (bicyclic) bond motifs is 1. The van der Waals surface area contributed by atoms with Gasteiger partial charge in [0.2, 0.25) is 23.4 Å². The summed E-state index contributed by atoms with van der Waals surface area (Å²) in [5, 5.41) is 35.8. The van der Waals surface area contributed by atoms with E-state index >= 15 is 4.39 Å². The van der Waals surface area contributed by atoms with Gasteiger partial charge in [0.25, 0.3) is 17.7 Å². The van der Waals surface area contributed by atoms with E-state index in [1.54, 1.807) is 32.7 Å². The average molecular weight is 1570 g/mol. The number of hydrogen-bond acceptors (Lipinski definition) is 24. The number of carbonyl (C=O) groups excluding carboxylic acids is 9. The van der Waals surface area contributed by atoms with Crippen LogP contribution < -0.4 is 37.2 Å². The first kappa shape index (κ1) is 99.2. The number of oxime groups is 2. The second-order valence-electron chi connectivity index (χ2n) is 27.4. The van der Waals surface area contributed by atoms with Crippen LogP contribution in [0.2, 0.25) is 0 Å². The molecule has 7 N–H and O–H groups in total. The van der Waals surface area contributed by atoms with Crippen molar-refractivity contribution < 1.29 is 95.1 Å². The third-order valence-corrected chi connectivity index (χ3v) is 18.3. The molecule has 0 fully saturated rings. The second-order valence-corrected chi connectivity index (χ2v) is 27.4. The highest BCUT2D eigenvalue weighted by atomic mass is 19.1. The van der Waals surface area contributed by atoms with Gasteiger partial charge >= 0.3 is 6.09 Å². The highest BCUT2D eigenvalue weighted by Gasteiger charge is 2.46. The van der Waals surface area contributed by atoms with Crippen LogP contribution in [0.25, 0.3) is 0 Å². The van der Waals surface area contributed by atoms with E-state index in [1.165, 1.54) is 7.11 Å². The molecule has 0 saturated carbocycles. The second kappa shape index (κ2) is 65.6. The largest absolute Gasteiger partial charge is 0.446 e. The van der Waals surface area contributed by atoms with Crippen LogP contribution in [0.15, 0.2) is 10.3 Å². The molecule has 4 atom stereocenters. The Morgan fingerprint density at radius 1 is 0.527 bits per heavy atom. The Hall–Kier alpha value is -6.88. The van der Waals surface area contributed by atoms with Crippen molar-refractivity contribution >= 4 is 64.5 Å². The van der Waals surface area contributed by atoms with Crippen LogP contribution in [0.5, 0.6) is 0 Å². The van der Waals surface area contributed by atoms with Gasteiger partial charge in [0, 0.05) is 105 Å². The number of amides is 7. The number of unbranched alkanes of at least 4 members (excludes halogenated alkanes) is 10. The first-order valence-corrected chi connectivity index (χ1v) is 40.5. The van der Waals surface area contributed by atoms with Crippen LogP contribution >= 0.6 is 0 Å². The summed E-state index contributed by atoms with van der Waals surface area (Å²) in [6.07, 6.45) is 16.2. The van der Waals surface area contributed by atoms with E-state index in [2.05, 4.69) is 74.5 Å². The maximum atomic E-state index is 17.2. The van der Waals surface area contributed by atoms with Crippen molar-refractivity contribution in [2.24, 2.45) is 10.3 Å². The summed E-state index contributed by atoms with van der Waals surface area (Å²) < 4.78 is 63.5.